The zero-order valence-corrected chi connectivity index (χ0v) is 12.5. The molecular formula is C16H21N5O. The molecule has 6 nitrogen and oxygen atoms in total. The Kier molecular flexibility index (Phi) is 4.48. The zero-order chi connectivity index (χ0) is 15.4. The minimum absolute atomic E-state index is 0.0102. The van der Waals surface area contributed by atoms with E-state index in [1.165, 1.54) is 12.8 Å². The van der Waals surface area contributed by atoms with E-state index in [1.807, 2.05) is 24.4 Å². The van der Waals surface area contributed by atoms with Gasteiger partial charge < -0.3 is 11.1 Å². The van der Waals surface area contributed by atoms with Crippen LogP contribution in [-0.2, 0) is 4.79 Å². The molecule has 2 heterocycles. The third-order valence-corrected chi connectivity index (χ3v) is 4.19. The monoisotopic (exact) mass is 299 g/mol. The lowest BCUT2D eigenvalue weighted by Crippen LogP contribution is -2.35. The van der Waals surface area contributed by atoms with Crippen molar-refractivity contribution in [2.24, 2.45) is 11.7 Å². The summed E-state index contributed by atoms with van der Waals surface area (Å²) in [6.45, 7) is 0. The van der Waals surface area contributed by atoms with Crippen LogP contribution in [0.2, 0.25) is 0 Å². The molecule has 0 saturated heterocycles. The normalized spacial score (nSPS) is 21.5. The topological polar surface area (TPSA) is 85.8 Å². The van der Waals surface area contributed by atoms with Gasteiger partial charge in [0.1, 0.15) is 0 Å². The molecule has 1 amide bonds. The van der Waals surface area contributed by atoms with Crippen LogP contribution in [0.15, 0.2) is 36.8 Å². The van der Waals surface area contributed by atoms with Crippen molar-refractivity contribution in [3.8, 4) is 5.82 Å². The molecule has 0 aliphatic heterocycles. The molecule has 22 heavy (non-hydrogen) atoms. The van der Waals surface area contributed by atoms with E-state index in [0.717, 1.165) is 18.7 Å². The fraction of sp³-hybridized carbons (Fsp3) is 0.438. The van der Waals surface area contributed by atoms with Gasteiger partial charge in [-0.05, 0) is 37.0 Å². The smallest absolute Gasteiger partial charge is 0.224 e. The second-order valence-electron chi connectivity index (χ2n) is 5.82. The van der Waals surface area contributed by atoms with Crippen molar-refractivity contribution in [2.75, 3.05) is 5.32 Å². The summed E-state index contributed by atoms with van der Waals surface area (Å²) in [7, 11) is 0. The minimum atomic E-state index is 0.0102. The molecular weight excluding hydrogens is 278 g/mol. The number of hydrogen-bond acceptors (Lipinski definition) is 4. The number of pyridine rings is 1. The summed E-state index contributed by atoms with van der Waals surface area (Å²) in [4.78, 5) is 16.4. The third-order valence-electron chi connectivity index (χ3n) is 4.19. The molecule has 0 aromatic carbocycles. The van der Waals surface area contributed by atoms with E-state index in [1.54, 1.807) is 17.1 Å². The number of carbonyl (C=O) groups is 1. The van der Waals surface area contributed by atoms with Gasteiger partial charge in [0.05, 0.1) is 11.9 Å². The maximum Gasteiger partial charge on any atom is 0.224 e. The second kappa shape index (κ2) is 6.70. The van der Waals surface area contributed by atoms with Crippen molar-refractivity contribution in [3.63, 3.8) is 0 Å². The van der Waals surface area contributed by atoms with E-state index in [4.69, 9.17) is 5.73 Å². The van der Waals surface area contributed by atoms with Crippen molar-refractivity contribution < 1.29 is 4.79 Å². The molecule has 3 N–H and O–H groups in total. The SMILES string of the molecule is NC1CCCCC1CC(=O)Nc1ccc(-n2cccn2)nc1. The van der Waals surface area contributed by atoms with Crippen LogP contribution < -0.4 is 11.1 Å². The zero-order valence-electron chi connectivity index (χ0n) is 12.5. The first-order valence-corrected chi connectivity index (χ1v) is 7.74. The number of nitrogens with two attached hydrogens (primary N) is 1. The maximum atomic E-state index is 12.1. The molecule has 2 unspecified atom stereocenters. The number of amides is 1. The van der Waals surface area contributed by atoms with Crippen molar-refractivity contribution >= 4 is 11.6 Å². The lowest BCUT2D eigenvalue weighted by atomic mass is 9.83. The lowest BCUT2D eigenvalue weighted by molar-refractivity contribution is -0.117. The molecule has 0 radical (unpaired) electrons. The summed E-state index contributed by atoms with van der Waals surface area (Å²) >= 11 is 0. The Morgan fingerprint density at radius 2 is 2.23 bits per heavy atom. The molecule has 1 fully saturated rings. The van der Waals surface area contributed by atoms with Crippen LogP contribution in [0.25, 0.3) is 5.82 Å². The van der Waals surface area contributed by atoms with Crippen LogP contribution in [0.4, 0.5) is 5.69 Å². The number of carbonyl (C=O) groups excluding carboxylic acids is 1. The Labute approximate surface area is 129 Å². The van der Waals surface area contributed by atoms with Gasteiger partial charge in [0.15, 0.2) is 5.82 Å². The van der Waals surface area contributed by atoms with Crippen molar-refractivity contribution in [2.45, 2.75) is 38.1 Å². The average molecular weight is 299 g/mol. The van der Waals surface area contributed by atoms with Gasteiger partial charge >= 0.3 is 0 Å². The molecule has 0 spiro atoms. The van der Waals surface area contributed by atoms with Crippen LogP contribution in [0, 0.1) is 5.92 Å². The van der Waals surface area contributed by atoms with Crippen LogP contribution in [-0.4, -0.2) is 26.7 Å². The van der Waals surface area contributed by atoms with Gasteiger partial charge in [-0.15, -0.1) is 0 Å². The Balaban J connectivity index is 1.57. The van der Waals surface area contributed by atoms with Crippen LogP contribution in [0.3, 0.4) is 0 Å². The summed E-state index contributed by atoms with van der Waals surface area (Å²) in [6.07, 6.45) is 10.1. The Morgan fingerprint density at radius 1 is 1.36 bits per heavy atom. The molecule has 1 aliphatic carbocycles. The van der Waals surface area contributed by atoms with Gasteiger partial charge in [0.2, 0.25) is 5.91 Å². The number of anilines is 1. The molecule has 2 aromatic rings. The first-order chi connectivity index (χ1) is 10.7. The van der Waals surface area contributed by atoms with Crippen LogP contribution >= 0.6 is 0 Å². The lowest BCUT2D eigenvalue weighted by Gasteiger charge is -2.27. The number of nitrogens with zero attached hydrogens (tertiary/aromatic N) is 3. The van der Waals surface area contributed by atoms with Gasteiger partial charge in [0.25, 0.3) is 0 Å². The van der Waals surface area contributed by atoms with Crippen molar-refractivity contribution in [3.05, 3.63) is 36.8 Å². The highest BCUT2D eigenvalue weighted by atomic mass is 16.1. The van der Waals surface area contributed by atoms with E-state index in [0.29, 0.717) is 18.0 Å². The van der Waals surface area contributed by atoms with Gasteiger partial charge in [-0.3, -0.25) is 4.79 Å². The van der Waals surface area contributed by atoms with Crippen LogP contribution in [0.5, 0.6) is 0 Å². The number of nitrogens with one attached hydrogen (secondary N) is 1. The van der Waals surface area contributed by atoms with Gasteiger partial charge in [0, 0.05) is 24.9 Å². The summed E-state index contributed by atoms with van der Waals surface area (Å²) in [5.74, 6) is 1.03. The molecule has 0 bridgehead atoms. The van der Waals surface area contributed by atoms with Gasteiger partial charge in [-0.1, -0.05) is 12.8 Å². The number of hydrogen-bond donors (Lipinski definition) is 2. The first-order valence-electron chi connectivity index (χ1n) is 7.74. The second-order valence-corrected chi connectivity index (χ2v) is 5.82. The highest BCUT2D eigenvalue weighted by molar-refractivity contribution is 5.90. The van der Waals surface area contributed by atoms with E-state index >= 15 is 0 Å². The largest absolute Gasteiger partial charge is 0.327 e. The number of rotatable bonds is 4. The standard InChI is InChI=1S/C16H21N5O/c17-14-5-2-1-4-12(14)10-16(22)20-13-6-7-15(18-11-13)21-9-3-8-19-21/h3,6-9,11-12,14H,1-2,4-5,10,17H2,(H,20,22). The first kappa shape index (κ1) is 14.7. The Hall–Kier alpha value is -2.21. The molecule has 6 heteroatoms. The van der Waals surface area contributed by atoms with E-state index < -0.39 is 0 Å². The third kappa shape index (κ3) is 3.51. The predicted molar refractivity (Wildman–Crippen MR) is 84.5 cm³/mol. The molecule has 1 aliphatic rings. The number of aromatic nitrogens is 3. The van der Waals surface area contributed by atoms with Crippen molar-refractivity contribution in [1.82, 2.24) is 14.8 Å². The highest BCUT2D eigenvalue weighted by Gasteiger charge is 2.24. The van der Waals surface area contributed by atoms with Gasteiger partial charge in [-0.25, -0.2) is 9.67 Å². The highest BCUT2D eigenvalue weighted by Crippen LogP contribution is 2.26. The maximum absolute atomic E-state index is 12.1. The van der Waals surface area contributed by atoms with Gasteiger partial charge in [-0.2, -0.15) is 5.10 Å². The summed E-state index contributed by atoms with van der Waals surface area (Å²) in [5.41, 5.74) is 6.79. The summed E-state index contributed by atoms with van der Waals surface area (Å²) in [6, 6.07) is 5.66. The van der Waals surface area contributed by atoms with Crippen LogP contribution in [0.1, 0.15) is 32.1 Å². The molecule has 3 rings (SSSR count). The molecule has 2 atom stereocenters. The fourth-order valence-corrected chi connectivity index (χ4v) is 2.94. The average Bonchev–Trinajstić information content (AvgIpc) is 3.05. The molecule has 116 valence electrons. The Bertz CT molecular complexity index is 608. The molecule has 2 aromatic heterocycles. The van der Waals surface area contributed by atoms with E-state index in [2.05, 4.69) is 15.4 Å². The fourth-order valence-electron chi connectivity index (χ4n) is 2.94. The summed E-state index contributed by atoms with van der Waals surface area (Å²) in [5, 5.41) is 7.01. The predicted octanol–water partition coefficient (Wildman–Crippen LogP) is 2.11. The van der Waals surface area contributed by atoms with Crippen molar-refractivity contribution in [1.29, 1.82) is 0 Å². The summed E-state index contributed by atoms with van der Waals surface area (Å²) < 4.78 is 1.67. The van der Waals surface area contributed by atoms with E-state index in [9.17, 15) is 4.79 Å². The quantitative estimate of drug-likeness (QED) is 0.905. The van der Waals surface area contributed by atoms with E-state index in [-0.39, 0.29) is 11.9 Å². The Morgan fingerprint density at radius 3 is 2.91 bits per heavy atom. The molecule has 1 saturated carbocycles. The minimum Gasteiger partial charge on any atom is -0.327 e.